The van der Waals surface area contributed by atoms with Gasteiger partial charge in [0.2, 0.25) is 5.91 Å². The Hall–Kier alpha value is -1.82. The van der Waals surface area contributed by atoms with Gasteiger partial charge in [-0.25, -0.2) is 0 Å². The van der Waals surface area contributed by atoms with E-state index in [1.807, 2.05) is 13.8 Å². The Balaban J connectivity index is 2.31. The molecule has 0 radical (unpaired) electrons. The average molecular weight is 282 g/mol. The first-order valence-electron chi connectivity index (χ1n) is 6.72. The highest BCUT2D eigenvalue weighted by Crippen LogP contribution is 2.04. The first-order valence-corrected chi connectivity index (χ1v) is 6.72. The molecule has 6 heteroatoms. The predicted molar refractivity (Wildman–Crippen MR) is 74.1 cm³/mol. The molecule has 0 aromatic carbocycles. The zero-order valence-electron chi connectivity index (χ0n) is 12.1. The van der Waals surface area contributed by atoms with Crippen LogP contribution in [0.2, 0.25) is 0 Å². The molecule has 2 amide bonds. The van der Waals surface area contributed by atoms with Gasteiger partial charge in [0.15, 0.2) is 5.76 Å². The molecular weight excluding hydrogens is 260 g/mol. The molecule has 1 aromatic heterocycles. The van der Waals surface area contributed by atoms with E-state index in [9.17, 15) is 14.7 Å². The molecule has 6 nitrogen and oxygen atoms in total. The molecule has 1 heterocycles. The maximum absolute atomic E-state index is 11.8. The third-order valence-corrected chi connectivity index (χ3v) is 2.99. The molecule has 2 unspecified atom stereocenters. The van der Waals surface area contributed by atoms with E-state index in [1.165, 1.54) is 12.3 Å². The van der Waals surface area contributed by atoms with E-state index < -0.39 is 18.1 Å². The number of aliphatic hydroxyl groups is 1. The Bertz CT molecular complexity index is 428. The number of hydrogen-bond donors (Lipinski definition) is 3. The lowest BCUT2D eigenvalue weighted by molar-refractivity contribution is -0.122. The molecule has 0 aliphatic rings. The maximum atomic E-state index is 11.8. The standard InChI is InChI=1S/C14H22N2O4/c1-9(2)11(17)6-7-15-13(18)10(3)16-14(19)12-5-4-8-20-12/h4-5,8-11,17H,6-7H2,1-3H3,(H,15,18)(H,16,19). The van der Waals surface area contributed by atoms with Crippen LogP contribution in [0.25, 0.3) is 0 Å². The van der Waals surface area contributed by atoms with Gasteiger partial charge < -0.3 is 20.2 Å². The van der Waals surface area contributed by atoms with Crippen LogP contribution in [0.15, 0.2) is 22.8 Å². The largest absolute Gasteiger partial charge is 0.459 e. The summed E-state index contributed by atoms with van der Waals surface area (Å²) in [4.78, 5) is 23.4. The number of amides is 2. The summed E-state index contributed by atoms with van der Waals surface area (Å²) in [7, 11) is 0. The summed E-state index contributed by atoms with van der Waals surface area (Å²) >= 11 is 0. The Labute approximate surface area is 118 Å². The van der Waals surface area contributed by atoms with Gasteiger partial charge >= 0.3 is 0 Å². The molecule has 0 saturated carbocycles. The Morgan fingerprint density at radius 3 is 2.60 bits per heavy atom. The third-order valence-electron chi connectivity index (χ3n) is 2.99. The van der Waals surface area contributed by atoms with Gasteiger partial charge in [-0.3, -0.25) is 9.59 Å². The van der Waals surface area contributed by atoms with E-state index >= 15 is 0 Å². The quantitative estimate of drug-likeness (QED) is 0.693. The van der Waals surface area contributed by atoms with Gasteiger partial charge in [-0.2, -0.15) is 0 Å². The fourth-order valence-electron chi connectivity index (χ4n) is 1.57. The highest BCUT2D eigenvalue weighted by atomic mass is 16.3. The molecule has 0 fully saturated rings. The monoisotopic (exact) mass is 282 g/mol. The van der Waals surface area contributed by atoms with Crippen molar-refractivity contribution in [1.29, 1.82) is 0 Å². The number of aliphatic hydroxyl groups excluding tert-OH is 1. The minimum Gasteiger partial charge on any atom is -0.459 e. The van der Waals surface area contributed by atoms with Crippen molar-refractivity contribution >= 4 is 11.8 Å². The van der Waals surface area contributed by atoms with Crippen LogP contribution in [0.4, 0.5) is 0 Å². The fraction of sp³-hybridized carbons (Fsp3) is 0.571. The number of carbonyl (C=O) groups is 2. The molecule has 1 rings (SSSR count). The molecule has 20 heavy (non-hydrogen) atoms. The Morgan fingerprint density at radius 1 is 1.35 bits per heavy atom. The van der Waals surface area contributed by atoms with E-state index in [-0.39, 0.29) is 17.6 Å². The number of hydrogen-bond acceptors (Lipinski definition) is 4. The summed E-state index contributed by atoms with van der Waals surface area (Å²) in [5.41, 5.74) is 0. The highest BCUT2D eigenvalue weighted by Gasteiger charge is 2.18. The van der Waals surface area contributed by atoms with Gasteiger partial charge in [0.25, 0.3) is 5.91 Å². The minimum absolute atomic E-state index is 0.156. The Kier molecular flexibility index (Phi) is 6.24. The summed E-state index contributed by atoms with van der Waals surface area (Å²) < 4.78 is 4.94. The molecular formula is C14H22N2O4. The first kappa shape index (κ1) is 16.2. The second-order valence-electron chi connectivity index (χ2n) is 5.06. The van der Waals surface area contributed by atoms with E-state index in [0.717, 1.165) is 0 Å². The van der Waals surface area contributed by atoms with E-state index in [0.29, 0.717) is 13.0 Å². The molecule has 0 bridgehead atoms. The number of rotatable bonds is 7. The first-order chi connectivity index (χ1) is 9.41. The van der Waals surface area contributed by atoms with Crippen LogP contribution >= 0.6 is 0 Å². The summed E-state index contributed by atoms with van der Waals surface area (Å²) in [6.45, 7) is 5.80. The van der Waals surface area contributed by atoms with Crippen molar-refractivity contribution in [3.63, 3.8) is 0 Å². The van der Waals surface area contributed by atoms with Crippen molar-refractivity contribution in [1.82, 2.24) is 10.6 Å². The lowest BCUT2D eigenvalue weighted by Crippen LogP contribution is -2.45. The van der Waals surface area contributed by atoms with E-state index in [1.54, 1.807) is 13.0 Å². The van der Waals surface area contributed by atoms with Crippen molar-refractivity contribution in [2.75, 3.05) is 6.54 Å². The smallest absolute Gasteiger partial charge is 0.287 e. The molecule has 1 aromatic rings. The summed E-state index contributed by atoms with van der Waals surface area (Å²) in [6.07, 6.45) is 1.44. The predicted octanol–water partition coefficient (Wildman–Crippen LogP) is 0.921. The summed E-state index contributed by atoms with van der Waals surface area (Å²) in [5, 5.41) is 14.8. The zero-order chi connectivity index (χ0) is 15.1. The summed E-state index contributed by atoms with van der Waals surface area (Å²) in [5.74, 6) is -0.399. The molecule has 112 valence electrons. The fourth-order valence-corrected chi connectivity index (χ4v) is 1.57. The van der Waals surface area contributed by atoms with Crippen LogP contribution in [-0.4, -0.2) is 35.6 Å². The second kappa shape index (κ2) is 7.69. The van der Waals surface area contributed by atoms with E-state index in [2.05, 4.69) is 10.6 Å². The average Bonchev–Trinajstić information content (AvgIpc) is 2.91. The van der Waals surface area contributed by atoms with Crippen LogP contribution < -0.4 is 10.6 Å². The van der Waals surface area contributed by atoms with Crippen molar-refractivity contribution in [2.45, 2.75) is 39.3 Å². The molecule has 0 saturated heterocycles. The zero-order valence-corrected chi connectivity index (χ0v) is 12.1. The van der Waals surface area contributed by atoms with Crippen LogP contribution in [0.5, 0.6) is 0 Å². The third kappa shape index (κ3) is 5.05. The van der Waals surface area contributed by atoms with Gasteiger partial charge in [-0.15, -0.1) is 0 Å². The second-order valence-corrected chi connectivity index (χ2v) is 5.06. The number of furan rings is 1. The molecule has 2 atom stereocenters. The van der Waals surface area contributed by atoms with Crippen LogP contribution in [-0.2, 0) is 4.79 Å². The van der Waals surface area contributed by atoms with Crippen LogP contribution in [0.1, 0.15) is 37.7 Å². The van der Waals surface area contributed by atoms with Crippen molar-refractivity contribution in [2.24, 2.45) is 5.92 Å². The Morgan fingerprint density at radius 2 is 2.05 bits per heavy atom. The van der Waals surface area contributed by atoms with Gasteiger partial charge in [-0.1, -0.05) is 13.8 Å². The van der Waals surface area contributed by atoms with Crippen LogP contribution in [0.3, 0.4) is 0 Å². The lowest BCUT2D eigenvalue weighted by Gasteiger charge is -2.16. The maximum Gasteiger partial charge on any atom is 0.287 e. The molecule has 0 aliphatic heterocycles. The molecule has 3 N–H and O–H groups in total. The minimum atomic E-state index is -0.663. The summed E-state index contributed by atoms with van der Waals surface area (Å²) in [6, 6.07) is 2.47. The molecule has 0 spiro atoms. The van der Waals surface area contributed by atoms with Gasteiger partial charge in [0.05, 0.1) is 12.4 Å². The van der Waals surface area contributed by atoms with Gasteiger partial charge in [0.1, 0.15) is 6.04 Å². The van der Waals surface area contributed by atoms with Gasteiger partial charge in [-0.05, 0) is 31.4 Å². The van der Waals surface area contributed by atoms with Crippen molar-refractivity contribution in [3.8, 4) is 0 Å². The van der Waals surface area contributed by atoms with Gasteiger partial charge in [0, 0.05) is 6.54 Å². The highest BCUT2D eigenvalue weighted by molar-refractivity contribution is 5.95. The lowest BCUT2D eigenvalue weighted by atomic mass is 10.0. The van der Waals surface area contributed by atoms with Crippen LogP contribution in [0, 0.1) is 5.92 Å². The topological polar surface area (TPSA) is 91.6 Å². The number of nitrogens with one attached hydrogen (secondary N) is 2. The molecule has 0 aliphatic carbocycles. The van der Waals surface area contributed by atoms with Crippen molar-refractivity contribution in [3.05, 3.63) is 24.2 Å². The van der Waals surface area contributed by atoms with Crippen molar-refractivity contribution < 1.29 is 19.1 Å². The normalized spacial score (nSPS) is 13.8. The SMILES string of the molecule is CC(NC(=O)c1ccco1)C(=O)NCCC(O)C(C)C. The number of carbonyl (C=O) groups excluding carboxylic acids is 2. The van der Waals surface area contributed by atoms with E-state index in [4.69, 9.17) is 4.42 Å².